The minimum atomic E-state index is -0.875. The molecular weight excluding hydrogens is 574 g/mol. The summed E-state index contributed by atoms with van der Waals surface area (Å²) in [6.45, 7) is 5.31. The van der Waals surface area contributed by atoms with Gasteiger partial charge in [0, 0.05) is 31.6 Å². The number of ether oxygens (including phenoxy) is 4. The number of carboxylic acid groups (broad SMARTS) is 1. The number of methoxy groups -OCH3 is 2. The molecule has 10 heteroatoms. The number of hydrogen-bond acceptors (Lipinski definition) is 7. The molecule has 0 aliphatic carbocycles. The summed E-state index contributed by atoms with van der Waals surface area (Å²) >= 11 is 0. The Balaban J connectivity index is 1.61. The quantitative estimate of drug-likeness (QED) is 0.200. The maximum Gasteiger partial charge on any atom is 0.308 e. The van der Waals surface area contributed by atoms with E-state index in [-0.39, 0.29) is 31.2 Å². The van der Waals surface area contributed by atoms with Crippen LogP contribution < -0.4 is 18.9 Å². The van der Waals surface area contributed by atoms with Crippen LogP contribution in [0.2, 0.25) is 0 Å². The second-order valence-corrected chi connectivity index (χ2v) is 13.2. The fraction of sp³-hybridized carbons (Fsp3) is 0.600. The summed E-state index contributed by atoms with van der Waals surface area (Å²) in [7, 11) is 9.77. The van der Waals surface area contributed by atoms with Crippen molar-refractivity contribution in [3.63, 3.8) is 0 Å². The summed E-state index contributed by atoms with van der Waals surface area (Å²) in [6.07, 6.45) is 5.13. The van der Waals surface area contributed by atoms with Gasteiger partial charge in [-0.25, -0.2) is 0 Å². The Bertz CT molecular complexity index is 1290. The van der Waals surface area contributed by atoms with Gasteiger partial charge in [0.05, 0.1) is 54.4 Å². The molecule has 0 bridgehead atoms. The van der Waals surface area contributed by atoms with E-state index < -0.39 is 11.9 Å². The van der Waals surface area contributed by atoms with Crippen LogP contribution in [0.25, 0.3) is 0 Å². The van der Waals surface area contributed by atoms with Gasteiger partial charge in [0.1, 0.15) is 5.75 Å². The van der Waals surface area contributed by atoms with E-state index in [1.807, 2.05) is 41.3 Å². The molecule has 1 saturated heterocycles. The number of aliphatic carboxylic acids is 1. The van der Waals surface area contributed by atoms with Gasteiger partial charge in [0.25, 0.3) is 0 Å². The molecule has 0 aromatic heterocycles. The number of nitrogens with zero attached hydrogens (tertiary/aromatic N) is 3. The van der Waals surface area contributed by atoms with Crippen molar-refractivity contribution in [2.75, 3.05) is 74.9 Å². The van der Waals surface area contributed by atoms with Crippen LogP contribution in [0.4, 0.5) is 0 Å². The number of aryl methyl sites for hydroxylation is 1. The zero-order valence-corrected chi connectivity index (χ0v) is 27.9. The SMILES string of the molecule is CCCCN(CCCC[N+](C)(C)C)C(=O)CN1CC(c2cc(OC)c3c(c2)OCO3)C(C(=O)O)C1CCc1ccccc1OC. The predicted octanol–water partition coefficient (Wildman–Crippen LogP) is 4.65. The van der Waals surface area contributed by atoms with Crippen molar-refractivity contribution in [3.8, 4) is 23.0 Å². The normalized spacial score (nSPS) is 19.5. The van der Waals surface area contributed by atoms with Gasteiger partial charge < -0.3 is 33.4 Å². The van der Waals surface area contributed by atoms with Crippen LogP contribution in [0.5, 0.6) is 23.0 Å². The minimum absolute atomic E-state index is 0.0593. The Morgan fingerprint density at radius 1 is 1.02 bits per heavy atom. The third-order valence-electron chi connectivity index (χ3n) is 9.02. The van der Waals surface area contributed by atoms with Crippen molar-refractivity contribution < 1.29 is 38.1 Å². The predicted molar refractivity (Wildman–Crippen MR) is 173 cm³/mol. The molecule has 2 aromatic carbocycles. The van der Waals surface area contributed by atoms with E-state index in [0.29, 0.717) is 49.7 Å². The van der Waals surface area contributed by atoms with E-state index in [9.17, 15) is 14.7 Å². The molecule has 4 rings (SSSR count). The molecular formula is C35H52N3O7+. The minimum Gasteiger partial charge on any atom is -0.496 e. The van der Waals surface area contributed by atoms with Crippen LogP contribution in [0.3, 0.4) is 0 Å². The van der Waals surface area contributed by atoms with Crippen molar-refractivity contribution in [2.24, 2.45) is 5.92 Å². The fourth-order valence-corrected chi connectivity index (χ4v) is 6.64. The number of fused-ring (bicyclic) bond motifs is 1. The van der Waals surface area contributed by atoms with E-state index in [4.69, 9.17) is 18.9 Å². The van der Waals surface area contributed by atoms with Crippen molar-refractivity contribution >= 4 is 11.9 Å². The molecule has 1 amide bonds. The number of unbranched alkanes of at least 4 members (excludes halogenated alkanes) is 2. The number of carbonyl (C=O) groups is 2. The molecule has 2 aliphatic heterocycles. The van der Waals surface area contributed by atoms with Crippen molar-refractivity contribution in [3.05, 3.63) is 47.5 Å². The van der Waals surface area contributed by atoms with E-state index in [0.717, 1.165) is 53.6 Å². The van der Waals surface area contributed by atoms with Gasteiger partial charge in [0.2, 0.25) is 18.4 Å². The van der Waals surface area contributed by atoms with Crippen molar-refractivity contribution in [1.82, 2.24) is 9.80 Å². The molecule has 2 aliphatic rings. The first-order valence-electron chi connectivity index (χ1n) is 16.2. The zero-order chi connectivity index (χ0) is 32.6. The average molecular weight is 627 g/mol. The van der Waals surface area contributed by atoms with Gasteiger partial charge in [-0.15, -0.1) is 0 Å². The third kappa shape index (κ3) is 8.82. The second-order valence-electron chi connectivity index (χ2n) is 13.2. The summed E-state index contributed by atoms with van der Waals surface area (Å²) < 4.78 is 23.4. The number of para-hydroxylation sites is 1. The fourth-order valence-electron chi connectivity index (χ4n) is 6.64. The number of hydrogen-bond donors (Lipinski definition) is 1. The summed E-state index contributed by atoms with van der Waals surface area (Å²) in [5, 5.41) is 10.7. The first-order valence-corrected chi connectivity index (χ1v) is 16.2. The van der Waals surface area contributed by atoms with Gasteiger partial charge in [-0.05, 0) is 61.4 Å². The van der Waals surface area contributed by atoms with Crippen LogP contribution >= 0.6 is 0 Å². The highest BCUT2D eigenvalue weighted by Crippen LogP contribution is 2.47. The van der Waals surface area contributed by atoms with Crippen molar-refractivity contribution in [1.29, 1.82) is 0 Å². The Labute approximate surface area is 268 Å². The molecule has 1 fully saturated rings. The highest BCUT2D eigenvalue weighted by Gasteiger charge is 2.47. The summed E-state index contributed by atoms with van der Waals surface area (Å²) in [5.74, 6) is 0.464. The topological polar surface area (TPSA) is 97.8 Å². The van der Waals surface area contributed by atoms with Gasteiger partial charge >= 0.3 is 5.97 Å². The molecule has 3 unspecified atom stereocenters. The Hall–Kier alpha value is -3.50. The van der Waals surface area contributed by atoms with Gasteiger partial charge in [-0.1, -0.05) is 31.5 Å². The molecule has 2 heterocycles. The number of amides is 1. The summed E-state index contributed by atoms with van der Waals surface area (Å²) in [5.41, 5.74) is 1.83. The summed E-state index contributed by atoms with van der Waals surface area (Å²) in [6, 6.07) is 11.2. The highest BCUT2D eigenvalue weighted by atomic mass is 16.7. The lowest BCUT2D eigenvalue weighted by atomic mass is 9.83. The number of carbonyl (C=O) groups excluding carboxylic acids is 1. The van der Waals surface area contributed by atoms with Crippen LogP contribution in [-0.2, 0) is 16.0 Å². The second kappa shape index (κ2) is 15.7. The molecule has 248 valence electrons. The zero-order valence-electron chi connectivity index (χ0n) is 27.9. The van der Waals surface area contributed by atoms with E-state index in [2.05, 4.69) is 33.0 Å². The number of likely N-dealkylation sites (tertiary alicyclic amines) is 1. The van der Waals surface area contributed by atoms with Gasteiger partial charge in [0.15, 0.2) is 11.5 Å². The number of rotatable bonds is 17. The molecule has 0 radical (unpaired) electrons. The van der Waals surface area contributed by atoms with E-state index >= 15 is 0 Å². The van der Waals surface area contributed by atoms with Crippen molar-refractivity contribution in [2.45, 2.75) is 57.4 Å². The van der Waals surface area contributed by atoms with Crippen LogP contribution in [-0.4, -0.2) is 112 Å². The number of benzene rings is 2. The largest absolute Gasteiger partial charge is 0.496 e. The Morgan fingerprint density at radius 2 is 1.76 bits per heavy atom. The number of quaternary nitrogens is 1. The lowest BCUT2D eigenvalue weighted by molar-refractivity contribution is -0.870. The van der Waals surface area contributed by atoms with E-state index in [1.165, 1.54) is 0 Å². The lowest BCUT2D eigenvalue weighted by Gasteiger charge is -2.30. The van der Waals surface area contributed by atoms with Crippen LogP contribution in [0.1, 0.15) is 56.1 Å². The van der Waals surface area contributed by atoms with Crippen LogP contribution in [0.15, 0.2) is 36.4 Å². The first kappa shape index (κ1) is 34.4. The first-order chi connectivity index (χ1) is 21.6. The average Bonchev–Trinajstić information content (AvgIpc) is 3.63. The molecule has 0 spiro atoms. The lowest BCUT2D eigenvalue weighted by Crippen LogP contribution is -2.45. The van der Waals surface area contributed by atoms with E-state index in [1.54, 1.807) is 14.2 Å². The summed E-state index contributed by atoms with van der Waals surface area (Å²) in [4.78, 5) is 31.1. The third-order valence-corrected chi connectivity index (χ3v) is 9.02. The molecule has 10 nitrogen and oxygen atoms in total. The van der Waals surface area contributed by atoms with Gasteiger partial charge in [-0.3, -0.25) is 14.5 Å². The Kier molecular flexibility index (Phi) is 12.0. The van der Waals surface area contributed by atoms with Gasteiger partial charge in [-0.2, -0.15) is 0 Å². The monoisotopic (exact) mass is 626 g/mol. The Morgan fingerprint density at radius 3 is 2.44 bits per heavy atom. The molecule has 3 atom stereocenters. The molecule has 45 heavy (non-hydrogen) atoms. The molecule has 0 saturated carbocycles. The molecule has 1 N–H and O–H groups in total. The maximum absolute atomic E-state index is 13.9. The maximum atomic E-state index is 13.9. The van der Waals surface area contributed by atoms with Crippen LogP contribution in [0, 0.1) is 5.92 Å². The molecule has 2 aromatic rings. The highest BCUT2D eigenvalue weighted by molar-refractivity contribution is 5.79. The number of carboxylic acids is 1. The smallest absolute Gasteiger partial charge is 0.308 e. The standard InChI is InChI=1S/C35H51N3O7/c1-7-8-17-36(18-11-12-19-38(2,3)4)32(39)23-37-22-27(26-20-30(43-6)34-31(21-26)44-24-45-34)33(35(40)41)28(37)16-15-25-13-9-10-14-29(25)42-5/h9-10,13-14,20-21,27-28,33H,7-8,11-12,15-19,22-24H2,1-6H3/p+1.